The number of hydrogen-bond acceptors (Lipinski definition) is 0. The van der Waals surface area contributed by atoms with Gasteiger partial charge in [0.15, 0.2) is 0 Å². The maximum absolute atomic E-state index is 6.32. The summed E-state index contributed by atoms with van der Waals surface area (Å²) in [5, 5.41) is 0.831. The molecule has 0 nitrogen and oxygen atoms in total. The molecule has 24 heavy (non-hydrogen) atoms. The molecule has 0 amide bonds. The average molecular weight is 341 g/mol. The van der Waals surface area contributed by atoms with Crippen LogP contribution in [0.25, 0.3) is 11.1 Å². The lowest BCUT2D eigenvalue weighted by Gasteiger charge is -2.29. The smallest absolute Gasteiger partial charge is 0.0484 e. The first kappa shape index (κ1) is 17.5. The quantitative estimate of drug-likeness (QED) is 0.469. The molecule has 0 saturated heterocycles. The summed E-state index contributed by atoms with van der Waals surface area (Å²) in [4.78, 5) is 0. The van der Waals surface area contributed by atoms with Gasteiger partial charge in [0.2, 0.25) is 0 Å². The van der Waals surface area contributed by atoms with Crippen LogP contribution in [0, 0.1) is 5.92 Å². The maximum Gasteiger partial charge on any atom is 0.0484 e. The molecule has 2 aromatic rings. The Bertz CT molecular complexity index is 621. The Labute approximate surface area is 152 Å². The van der Waals surface area contributed by atoms with Gasteiger partial charge in [-0.2, -0.15) is 0 Å². The van der Waals surface area contributed by atoms with Crippen molar-refractivity contribution in [2.24, 2.45) is 5.92 Å². The second kappa shape index (κ2) is 8.72. The number of unbranched alkanes of at least 4 members (excludes halogenated alkanes) is 2. The van der Waals surface area contributed by atoms with E-state index in [1.807, 2.05) is 12.1 Å². The van der Waals surface area contributed by atoms with Crippen molar-refractivity contribution < 1.29 is 0 Å². The van der Waals surface area contributed by atoms with Crippen LogP contribution in [-0.2, 0) is 0 Å². The topological polar surface area (TPSA) is 0 Å². The second-order valence-electron chi connectivity index (χ2n) is 7.32. The lowest BCUT2D eigenvalue weighted by Crippen LogP contribution is -2.13. The van der Waals surface area contributed by atoms with Crippen LogP contribution in [0.4, 0.5) is 0 Å². The van der Waals surface area contributed by atoms with Gasteiger partial charge in [0, 0.05) is 10.6 Å². The molecule has 0 N–H and O–H groups in total. The van der Waals surface area contributed by atoms with Crippen molar-refractivity contribution in [1.29, 1.82) is 0 Å². The molecule has 128 valence electrons. The second-order valence-corrected chi connectivity index (χ2v) is 7.72. The molecule has 0 bridgehead atoms. The summed E-state index contributed by atoms with van der Waals surface area (Å²) >= 11 is 6.32. The van der Waals surface area contributed by atoms with E-state index < -0.39 is 0 Å². The molecule has 1 aliphatic rings. The van der Waals surface area contributed by atoms with Crippen LogP contribution in [0.1, 0.15) is 69.8 Å². The Morgan fingerprint density at radius 1 is 0.875 bits per heavy atom. The van der Waals surface area contributed by atoms with Gasteiger partial charge in [-0.1, -0.05) is 86.7 Å². The summed E-state index contributed by atoms with van der Waals surface area (Å²) in [5.41, 5.74) is 3.86. The SMILES string of the molecule is CCCCCC1CCC(c2ccc(-c3ccccc3Cl)cc2)CC1. The Morgan fingerprint density at radius 3 is 2.25 bits per heavy atom. The van der Waals surface area contributed by atoms with Crippen molar-refractivity contribution in [3.63, 3.8) is 0 Å². The van der Waals surface area contributed by atoms with Crippen LogP contribution >= 0.6 is 11.6 Å². The third kappa shape index (κ3) is 4.42. The first-order valence-electron chi connectivity index (χ1n) is 9.62. The largest absolute Gasteiger partial charge is 0.0837 e. The van der Waals surface area contributed by atoms with Crippen LogP contribution in [0.2, 0.25) is 5.02 Å². The minimum absolute atomic E-state index is 0.757. The fraction of sp³-hybridized carbons (Fsp3) is 0.478. The highest BCUT2D eigenvalue weighted by atomic mass is 35.5. The van der Waals surface area contributed by atoms with Crippen molar-refractivity contribution >= 4 is 11.6 Å². The summed E-state index contributed by atoms with van der Waals surface area (Å²) in [6, 6.07) is 17.2. The maximum atomic E-state index is 6.32. The van der Waals surface area contributed by atoms with E-state index in [-0.39, 0.29) is 0 Å². The minimum Gasteiger partial charge on any atom is -0.0837 e. The molecule has 0 heterocycles. The molecule has 1 fully saturated rings. The third-order valence-electron chi connectivity index (χ3n) is 5.63. The molecular weight excluding hydrogens is 312 g/mol. The van der Waals surface area contributed by atoms with E-state index in [1.54, 1.807) is 0 Å². The zero-order chi connectivity index (χ0) is 16.8. The first-order chi connectivity index (χ1) is 11.8. The van der Waals surface area contributed by atoms with Gasteiger partial charge < -0.3 is 0 Å². The average Bonchev–Trinajstić information content (AvgIpc) is 2.63. The van der Waals surface area contributed by atoms with E-state index in [1.165, 1.54) is 62.5 Å². The van der Waals surface area contributed by atoms with E-state index >= 15 is 0 Å². The number of benzene rings is 2. The van der Waals surface area contributed by atoms with Crippen molar-refractivity contribution in [3.05, 3.63) is 59.1 Å². The molecule has 0 spiro atoms. The van der Waals surface area contributed by atoms with Crippen LogP contribution in [0.5, 0.6) is 0 Å². The fourth-order valence-corrected chi connectivity index (χ4v) is 4.34. The normalized spacial score (nSPS) is 20.9. The molecule has 0 unspecified atom stereocenters. The number of hydrogen-bond donors (Lipinski definition) is 0. The molecule has 0 aliphatic heterocycles. The first-order valence-corrected chi connectivity index (χ1v) is 10.0. The van der Waals surface area contributed by atoms with Crippen LogP contribution < -0.4 is 0 Å². The van der Waals surface area contributed by atoms with Crippen LogP contribution in [0.15, 0.2) is 48.5 Å². The summed E-state index contributed by atoms with van der Waals surface area (Å²) in [6.45, 7) is 2.29. The van der Waals surface area contributed by atoms with Crippen molar-refractivity contribution in [3.8, 4) is 11.1 Å². The molecule has 1 aliphatic carbocycles. The van der Waals surface area contributed by atoms with Gasteiger partial charge in [0.1, 0.15) is 0 Å². The zero-order valence-electron chi connectivity index (χ0n) is 14.8. The fourth-order valence-electron chi connectivity index (χ4n) is 4.10. The van der Waals surface area contributed by atoms with Gasteiger partial charge >= 0.3 is 0 Å². The van der Waals surface area contributed by atoms with E-state index in [0.29, 0.717) is 0 Å². The summed E-state index contributed by atoms with van der Waals surface area (Å²) in [6.07, 6.45) is 11.2. The Balaban J connectivity index is 1.58. The molecule has 3 rings (SSSR count). The van der Waals surface area contributed by atoms with E-state index in [9.17, 15) is 0 Å². The zero-order valence-corrected chi connectivity index (χ0v) is 15.6. The van der Waals surface area contributed by atoms with Crippen LogP contribution in [-0.4, -0.2) is 0 Å². The van der Waals surface area contributed by atoms with E-state index in [4.69, 9.17) is 11.6 Å². The Hall–Kier alpha value is -1.27. The Kier molecular flexibility index (Phi) is 6.37. The third-order valence-corrected chi connectivity index (χ3v) is 5.96. The summed E-state index contributed by atoms with van der Waals surface area (Å²) in [5.74, 6) is 1.74. The van der Waals surface area contributed by atoms with Crippen LogP contribution in [0.3, 0.4) is 0 Å². The number of halogens is 1. The molecule has 0 radical (unpaired) electrons. The van der Waals surface area contributed by atoms with Gasteiger partial charge in [0.05, 0.1) is 0 Å². The van der Waals surface area contributed by atoms with E-state index in [0.717, 1.165) is 22.4 Å². The van der Waals surface area contributed by atoms with E-state index in [2.05, 4.69) is 43.3 Å². The van der Waals surface area contributed by atoms with Gasteiger partial charge in [-0.15, -0.1) is 0 Å². The van der Waals surface area contributed by atoms with Gasteiger partial charge in [-0.3, -0.25) is 0 Å². The molecule has 1 heteroatoms. The highest BCUT2D eigenvalue weighted by Gasteiger charge is 2.22. The van der Waals surface area contributed by atoms with Gasteiger partial charge in [-0.25, -0.2) is 0 Å². The molecule has 0 aromatic heterocycles. The van der Waals surface area contributed by atoms with Gasteiger partial charge in [-0.05, 0) is 54.7 Å². The predicted octanol–water partition coefficient (Wildman–Crippen LogP) is 7.86. The molecular formula is C23H29Cl. The highest BCUT2D eigenvalue weighted by molar-refractivity contribution is 6.33. The number of rotatable bonds is 6. The Morgan fingerprint density at radius 2 is 1.58 bits per heavy atom. The van der Waals surface area contributed by atoms with Gasteiger partial charge in [0.25, 0.3) is 0 Å². The standard InChI is InChI=1S/C23H29Cl/c1-2-3-4-7-18-10-12-19(13-11-18)20-14-16-21(17-15-20)22-8-5-6-9-23(22)24/h5-6,8-9,14-19H,2-4,7,10-13H2,1H3. The van der Waals surface area contributed by atoms with Crippen molar-refractivity contribution in [2.45, 2.75) is 64.2 Å². The predicted molar refractivity (Wildman–Crippen MR) is 106 cm³/mol. The molecule has 0 atom stereocenters. The summed E-state index contributed by atoms with van der Waals surface area (Å²) < 4.78 is 0. The van der Waals surface area contributed by atoms with Crippen molar-refractivity contribution in [2.75, 3.05) is 0 Å². The summed E-state index contributed by atoms with van der Waals surface area (Å²) in [7, 11) is 0. The molecule has 1 saturated carbocycles. The minimum atomic E-state index is 0.757. The lowest BCUT2D eigenvalue weighted by atomic mass is 9.77. The van der Waals surface area contributed by atoms with Crippen molar-refractivity contribution in [1.82, 2.24) is 0 Å². The monoisotopic (exact) mass is 340 g/mol. The molecule has 2 aromatic carbocycles. The lowest BCUT2D eigenvalue weighted by molar-refractivity contribution is 0.303. The highest BCUT2D eigenvalue weighted by Crippen LogP contribution is 2.38.